The largest absolute Gasteiger partial charge is 0.497 e. The summed E-state index contributed by atoms with van der Waals surface area (Å²) in [4.78, 5) is 24.9. The van der Waals surface area contributed by atoms with Crippen molar-refractivity contribution in [2.75, 3.05) is 17.7 Å². The van der Waals surface area contributed by atoms with Crippen molar-refractivity contribution in [3.8, 4) is 16.9 Å². The molecule has 0 bridgehead atoms. The number of amides is 2. The molecule has 1 aliphatic heterocycles. The molecule has 1 atom stereocenters. The second-order valence-electron chi connectivity index (χ2n) is 6.82. The lowest BCUT2D eigenvalue weighted by atomic mass is 10.1. The third kappa shape index (κ3) is 3.56. The molecule has 7 nitrogen and oxygen atoms in total. The number of anilines is 2. The van der Waals surface area contributed by atoms with Gasteiger partial charge in [0.05, 0.1) is 25.4 Å². The number of fused-ring (bicyclic) bond motifs is 1. The fraction of sp³-hybridized carbons (Fsp3) is 0.190. The summed E-state index contributed by atoms with van der Waals surface area (Å²) in [5, 5.41) is 9.59. The maximum absolute atomic E-state index is 14.0. The monoisotopic (exact) mass is 394 g/mol. The highest BCUT2D eigenvalue weighted by Crippen LogP contribution is 2.36. The topological polar surface area (TPSA) is 85.2 Å². The van der Waals surface area contributed by atoms with Crippen molar-refractivity contribution in [1.29, 1.82) is 0 Å². The first-order chi connectivity index (χ1) is 14.0. The number of aryl methyl sites for hydroxylation is 1. The molecule has 2 heterocycles. The summed E-state index contributed by atoms with van der Waals surface area (Å²) in [6.07, 6.45) is 1.47. The van der Waals surface area contributed by atoms with Gasteiger partial charge in [0, 0.05) is 5.56 Å². The van der Waals surface area contributed by atoms with Crippen molar-refractivity contribution in [3.63, 3.8) is 0 Å². The number of nitrogens with zero attached hydrogens (tertiary/aromatic N) is 2. The van der Waals surface area contributed by atoms with Crippen LogP contribution in [0.15, 0.2) is 48.7 Å². The number of halogens is 1. The molecule has 2 aromatic carbocycles. The van der Waals surface area contributed by atoms with Gasteiger partial charge in [-0.1, -0.05) is 18.2 Å². The lowest BCUT2D eigenvalue weighted by Crippen LogP contribution is -2.23. The molecule has 0 spiro atoms. The van der Waals surface area contributed by atoms with Crippen LogP contribution in [0.1, 0.15) is 18.0 Å². The number of hydrogen-bond donors (Lipinski definition) is 2. The van der Waals surface area contributed by atoms with E-state index in [0.29, 0.717) is 11.6 Å². The van der Waals surface area contributed by atoms with Gasteiger partial charge in [0.25, 0.3) is 5.91 Å². The van der Waals surface area contributed by atoms with E-state index in [2.05, 4.69) is 15.7 Å². The van der Waals surface area contributed by atoms with Crippen LogP contribution in [-0.4, -0.2) is 28.7 Å². The van der Waals surface area contributed by atoms with Crippen LogP contribution in [0.25, 0.3) is 11.1 Å². The van der Waals surface area contributed by atoms with Crippen LogP contribution in [0.4, 0.5) is 15.9 Å². The molecule has 29 heavy (non-hydrogen) atoms. The average molecular weight is 394 g/mol. The molecule has 1 aromatic heterocycles. The Bertz CT molecular complexity index is 1110. The van der Waals surface area contributed by atoms with Gasteiger partial charge in [-0.05, 0) is 42.3 Å². The molecule has 0 saturated carbocycles. The van der Waals surface area contributed by atoms with E-state index in [4.69, 9.17) is 4.74 Å². The molecule has 0 radical (unpaired) electrons. The average Bonchev–Trinajstić information content (AvgIpc) is 3.23. The SMILES string of the molecule is COc1cccc(-c2cnn3c2NC(=O)C3CC(=O)Nc2ccc(C)cc2F)c1. The Morgan fingerprint density at radius 1 is 1.31 bits per heavy atom. The highest BCUT2D eigenvalue weighted by atomic mass is 19.1. The number of hydrogen-bond acceptors (Lipinski definition) is 4. The van der Waals surface area contributed by atoms with Crippen molar-refractivity contribution in [1.82, 2.24) is 9.78 Å². The molecule has 3 aromatic rings. The van der Waals surface area contributed by atoms with Crippen molar-refractivity contribution in [2.45, 2.75) is 19.4 Å². The van der Waals surface area contributed by atoms with Gasteiger partial charge in [-0.3, -0.25) is 9.59 Å². The van der Waals surface area contributed by atoms with Gasteiger partial charge in [0.15, 0.2) is 0 Å². The zero-order valence-electron chi connectivity index (χ0n) is 15.9. The summed E-state index contributed by atoms with van der Waals surface area (Å²) >= 11 is 0. The molecule has 148 valence electrons. The van der Waals surface area contributed by atoms with E-state index in [0.717, 1.165) is 16.7 Å². The Labute approximate surface area is 166 Å². The first kappa shape index (κ1) is 18.7. The van der Waals surface area contributed by atoms with E-state index >= 15 is 0 Å². The molecule has 0 aliphatic carbocycles. The van der Waals surface area contributed by atoms with Gasteiger partial charge in [-0.15, -0.1) is 0 Å². The molecule has 2 N–H and O–H groups in total. The molecule has 1 unspecified atom stereocenters. The maximum atomic E-state index is 14.0. The van der Waals surface area contributed by atoms with Gasteiger partial charge in [-0.25, -0.2) is 9.07 Å². The molecular weight excluding hydrogens is 375 g/mol. The van der Waals surface area contributed by atoms with E-state index in [1.165, 1.54) is 16.8 Å². The maximum Gasteiger partial charge on any atom is 0.251 e. The van der Waals surface area contributed by atoms with Crippen molar-refractivity contribution in [3.05, 3.63) is 60.0 Å². The number of rotatable bonds is 5. The van der Waals surface area contributed by atoms with Crippen LogP contribution in [0.3, 0.4) is 0 Å². The Balaban J connectivity index is 1.54. The van der Waals surface area contributed by atoms with E-state index < -0.39 is 17.8 Å². The van der Waals surface area contributed by atoms with Crippen molar-refractivity contribution < 1.29 is 18.7 Å². The van der Waals surface area contributed by atoms with Gasteiger partial charge < -0.3 is 15.4 Å². The van der Waals surface area contributed by atoms with Gasteiger partial charge in [0.1, 0.15) is 23.4 Å². The molecule has 0 fully saturated rings. The van der Waals surface area contributed by atoms with E-state index in [1.807, 2.05) is 24.3 Å². The normalized spacial score (nSPS) is 15.0. The van der Waals surface area contributed by atoms with Crippen LogP contribution < -0.4 is 15.4 Å². The van der Waals surface area contributed by atoms with Gasteiger partial charge in [0.2, 0.25) is 5.91 Å². The first-order valence-electron chi connectivity index (χ1n) is 9.05. The highest BCUT2D eigenvalue weighted by Gasteiger charge is 2.35. The summed E-state index contributed by atoms with van der Waals surface area (Å²) in [7, 11) is 1.58. The minimum absolute atomic E-state index is 0.0803. The summed E-state index contributed by atoms with van der Waals surface area (Å²) in [5.74, 6) is -0.129. The fourth-order valence-corrected chi connectivity index (χ4v) is 3.31. The fourth-order valence-electron chi connectivity index (χ4n) is 3.31. The Hall–Kier alpha value is -3.68. The van der Waals surface area contributed by atoms with E-state index in [-0.39, 0.29) is 18.0 Å². The zero-order chi connectivity index (χ0) is 20.5. The minimum Gasteiger partial charge on any atom is -0.497 e. The lowest BCUT2D eigenvalue weighted by Gasteiger charge is -2.10. The van der Waals surface area contributed by atoms with Crippen LogP contribution in [0.2, 0.25) is 0 Å². The summed E-state index contributed by atoms with van der Waals surface area (Å²) in [5.41, 5.74) is 2.39. The van der Waals surface area contributed by atoms with Gasteiger partial charge in [-0.2, -0.15) is 5.10 Å². The number of nitrogens with one attached hydrogen (secondary N) is 2. The van der Waals surface area contributed by atoms with Crippen LogP contribution >= 0.6 is 0 Å². The first-order valence-corrected chi connectivity index (χ1v) is 9.05. The highest BCUT2D eigenvalue weighted by molar-refractivity contribution is 6.04. The second kappa shape index (κ2) is 7.38. The predicted octanol–water partition coefficient (Wildman–Crippen LogP) is 3.53. The van der Waals surface area contributed by atoms with Crippen LogP contribution in [0, 0.1) is 12.7 Å². The molecule has 8 heteroatoms. The molecule has 2 amide bonds. The predicted molar refractivity (Wildman–Crippen MR) is 106 cm³/mol. The van der Waals surface area contributed by atoms with E-state index in [1.54, 1.807) is 26.3 Å². The Morgan fingerprint density at radius 3 is 2.90 bits per heavy atom. The zero-order valence-corrected chi connectivity index (χ0v) is 15.9. The number of carbonyl (C=O) groups is 2. The third-order valence-corrected chi connectivity index (χ3v) is 4.79. The number of aromatic nitrogens is 2. The third-order valence-electron chi connectivity index (χ3n) is 4.79. The number of methoxy groups -OCH3 is 1. The van der Waals surface area contributed by atoms with Gasteiger partial charge >= 0.3 is 0 Å². The summed E-state index contributed by atoms with van der Waals surface area (Å²) in [6.45, 7) is 1.76. The Kier molecular flexibility index (Phi) is 4.75. The Morgan fingerprint density at radius 2 is 2.14 bits per heavy atom. The van der Waals surface area contributed by atoms with Crippen molar-refractivity contribution >= 4 is 23.3 Å². The summed E-state index contributed by atoms with van der Waals surface area (Å²) in [6, 6.07) is 11.1. The van der Waals surface area contributed by atoms with E-state index in [9.17, 15) is 14.0 Å². The standard InChI is InChI=1S/C21H19FN4O3/c1-12-6-7-17(16(22)8-12)24-19(27)10-18-21(28)25-20-15(11-23-26(18)20)13-4-3-5-14(9-13)29-2/h3-9,11,18H,10H2,1-2H3,(H,24,27)(H,25,28). The summed E-state index contributed by atoms with van der Waals surface area (Å²) < 4.78 is 20.7. The lowest BCUT2D eigenvalue weighted by molar-refractivity contribution is -0.123. The molecule has 0 saturated heterocycles. The van der Waals surface area contributed by atoms with Crippen LogP contribution in [-0.2, 0) is 9.59 Å². The minimum atomic E-state index is -0.808. The second-order valence-corrected chi connectivity index (χ2v) is 6.82. The molecule has 4 rings (SSSR count). The van der Waals surface area contributed by atoms with Crippen molar-refractivity contribution in [2.24, 2.45) is 0 Å². The number of ether oxygens (including phenoxy) is 1. The molecular formula is C21H19FN4O3. The number of carbonyl (C=O) groups excluding carboxylic acids is 2. The quantitative estimate of drug-likeness (QED) is 0.693. The smallest absolute Gasteiger partial charge is 0.251 e. The molecule has 1 aliphatic rings. The van der Waals surface area contributed by atoms with Crippen LogP contribution in [0.5, 0.6) is 5.75 Å². The number of benzene rings is 2.